The number of ether oxygens (including phenoxy) is 2. The van der Waals surface area contributed by atoms with Crippen LogP contribution in [0.15, 0.2) is 0 Å². The van der Waals surface area contributed by atoms with E-state index in [1.54, 1.807) is 13.2 Å². The predicted octanol–water partition coefficient (Wildman–Crippen LogP) is -0.321. The summed E-state index contributed by atoms with van der Waals surface area (Å²) in [4.78, 5) is 10.7. The minimum atomic E-state index is -0.266. The molecule has 0 spiro atoms. The molecule has 0 rings (SSSR count). The van der Waals surface area contributed by atoms with E-state index < -0.39 is 0 Å². The average molecular weight is 186 g/mol. The van der Waals surface area contributed by atoms with Crippen molar-refractivity contribution in [2.24, 2.45) is 0 Å². The number of hydrogen-bond acceptors (Lipinski definition) is 4. The molecule has 0 aromatic rings. The molecule has 5 heteroatoms. The van der Waals surface area contributed by atoms with Gasteiger partial charge in [0, 0.05) is 13.7 Å². The molecule has 0 saturated heterocycles. The van der Waals surface area contributed by atoms with E-state index in [1.807, 2.05) is 0 Å². The Morgan fingerprint density at radius 2 is 2.23 bits per heavy atom. The number of hydrogen-bond donors (Lipinski definition) is 1. The molecule has 0 unspecified atom stereocenters. The molecule has 0 aliphatic carbocycles. The van der Waals surface area contributed by atoms with Crippen LogP contribution >= 0.6 is 0 Å². The Bertz CT molecular complexity index is 177. The van der Waals surface area contributed by atoms with Crippen LogP contribution in [0.5, 0.6) is 0 Å². The fourth-order valence-corrected chi connectivity index (χ4v) is 0.641. The van der Waals surface area contributed by atoms with Gasteiger partial charge in [-0.15, -0.1) is 0 Å². The maximum absolute atomic E-state index is 10.7. The SMILES string of the molecule is COCCOCCNC(=O)CC#N. The summed E-state index contributed by atoms with van der Waals surface area (Å²) in [5, 5.41) is 10.7. The molecule has 1 N–H and O–H groups in total. The second-order valence-electron chi connectivity index (χ2n) is 2.29. The smallest absolute Gasteiger partial charge is 0.234 e. The summed E-state index contributed by atoms with van der Waals surface area (Å²) in [6.07, 6.45) is -0.0991. The number of nitrogens with zero attached hydrogens (tertiary/aromatic N) is 1. The van der Waals surface area contributed by atoms with Gasteiger partial charge in [-0.25, -0.2) is 0 Å². The van der Waals surface area contributed by atoms with Gasteiger partial charge in [-0.05, 0) is 0 Å². The molecular formula is C8H14N2O3. The summed E-state index contributed by atoms with van der Waals surface area (Å²) in [6, 6.07) is 1.76. The fraction of sp³-hybridized carbons (Fsp3) is 0.750. The van der Waals surface area contributed by atoms with Crippen molar-refractivity contribution in [3.8, 4) is 6.07 Å². The molecule has 0 aliphatic heterocycles. The molecule has 74 valence electrons. The van der Waals surface area contributed by atoms with Gasteiger partial charge in [0.15, 0.2) is 0 Å². The van der Waals surface area contributed by atoms with E-state index in [2.05, 4.69) is 5.32 Å². The molecule has 5 nitrogen and oxygen atoms in total. The van der Waals surface area contributed by atoms with Crippen molar-refractivity contribution in [2.45, 2.75) is 6.42 Å². The zero-order chi connectivity index (χ0) is 9.94. The third-order valence-corrected chi connectivity index (χ3v) is 1.24. The van der Waals surface area contributed by atoms with Crippen molar-refractivity contribution in [3.63, 3.8) is 0 Å². The lowest BCUT2D eigenvalue weighted by Gasteiger charge is -2.03. The monoisotopic (exact) mass is 186 g/mol. The van der Waals surface area contributed by atoms with Gasteiger partial charge in [-0.1, -0.05) is 0 Å². The van der Waals surface area contributed by atoms with Gasteiger partial charge in [0.05, 0.1) is 25.9 Å². The molecule has 0 saturated carbocycles. The van der Waals surface area contributed by atoms with Crippen LogP contribution < -0.4 is 5.32 Å². The van der Waals surface area contributed by atoms with Crippen LogP contribution in [0.2, 0.25) is 0 Å². The van der Waals surface area contributed by atoms with E-state index in [1.165, 1.54) is 0 Å². The minimum absolute atomic E-state index is 0.0991. The number of amides is 1. The number of carbonyl (C=O) groups excluding carboxylic acids is 1. The first-order valence-electron chi connectivity index (χ1n) is 4.01. The van der Waals surface area contributed by atoms with Crippen LogP contribution in [-0.4, -0.2) is 39.4 Å². The van der Waals surface area contributed by atoms with Crippen molar-refractivity contribution >= 4 is 5.91 Å². The summed E-state index contributed by atoms with van der Waals surface area (Å²) >= 11 is 0. The Morgan fingerprint density at radius 3 is 2.85 bits per heavy atom. The van der Waals surface area contributed by atoms with Crippen LogP contribution in [-0.2, 0) is 14.3 Å². The average Bonchev–Trinajstić information content (AvgIpc) is 2.11. The maximum atomic E-state index is 10.7. The summed E-state index contributed by atoms with van der Waals surface area (Å²) < 4.78 is 9.83. The van der Waals surface area contributed by atoms with Crippen LogP contribution in [0.1, 0.15) is 6.42 Å². The molecule has 0 fully saturated rings. The second kappa shape index (κ2) is 8.97. The topological polar surface area (TPSA) is 71.3 Å². The summed E-state index contributed by atoms with van der Waals surface area (Å²) in [6.45, 7) is 1.95. The van der Waals surface area contributed by atoms with Crippen molar-refractivity contribution in [1.29, 1.82) is 5.26 Å². The zero-order valence-electron chi connectivity index (χ0n) is 7.71. The Kier molecular flexibility index (Phi) is 8.20. The molecule has 0 aliphatic rings. The standard InChI is InChI=1S/C8H14N2O3/c1-12-6-7-13-5-4-10-8(11)2-3-9/h2,4-7H2,1H3,(H,10,11). The molecule has 0 bridgehead atoms. The largest absolute Gasteiger partial charge is 0.382 e. The lowest BCUT2D eigenvalue weighted by atomic mass is 10.4. The highest BCUT2D eigenvalue weighted by molar-refractivity contribution is 5.77. The Hall–Kier alpha value is -1.12. The molecular weight excluding hydrogens is 172 g/mol. The number of methoxy groups -OCH3 is 1. The van der Waals surface area contributed by atoms with Crippen LogP contribution in [0.25, 0.3) is 0 Å². The lowest BCUT2D eigenvalue weighted by Crippen LogP contribution is -2.26. The summed E-state index contributed by atoms with van der Waals surface area (Å²) in [5.74, 6) is -0.266. The first kappa shape index (κ1) is 11.9. The Balaban J connectivity index is 3.08. The van der Waals surface area contributed by atoms with Gasteiger partial charge in [-0.2, -0.15) is 5.26 Å². The van der Waals surface area contributed by atoms with Gasteiger partial charge in [0.25, 0.3) is 0 Å². The first-order chi connectivity index (χ1) is 6.31. The zero-order valence-corrected chi connectivity index (χ0v) is 7.71. The highest BCUT2D eigenvalue weighted by Crippen LogP contribution is 1.77. The molecule has 0 atom stereocenters. The van der Waals surface area contributed by atoms with Crippen molar-refractivity contribution < 1.29 is 14.3 Å². The lowest BCUT2D eigenvalue weighted by molar-refractivity contribution is -0.120. The van der Waals surface area contributed by atoms with E-state index in [9.17, 15) is 4.79 Å². The van der Waals surface area contributed by atoms with Gasteiger partial charge >= 0.3 is 0 Å². The molecule has 1 amide bonds. The quantitative estimate of drug-likeness (QED) is 0.553. The van der Waals surface area contributed by atoms with Crippen LogP contribution in [0.3, 0.4) is 0 Å². The van der Waals surface area contributed by atoms with Crippen molar-refractivity contribution in [3.05, 3.63) is 0 Å². The Morgan fingerprint density at radius 1 is 1.46 bits per heavy atom. The molecule has 0 heterocycles. The third kappa shape index (κ3) is 8.79. The van der Waals surface area contributed by atoms with Gasteiger partial charge in [-0.3, -0.25) is 4.79 Å². The number of nitriles is 1. The van der Waals surface area contributed by atoms with E-state index in [4.69, 9.17) is 14.7 Å². The maximum Gasteiger partial charge on any atom is 0.234 e. The van der Waals surface area contributed by atoms with Crippen molar-refractivity contribution in [2.75, 3.05) is 33.5 Å². The number of nitrogens with one attached hydrogen (secondary N) is 1. The van der Waals surface area contributed by atoms with Crippen molar-refractivity contribution in [1.82, 2.24) is 5.32 Å². The van der Waals surface area contributed by atoms with Gasteiger partial charge < -0.3 is 14.8 Å². The predicted molar refractivity (Wildman–Crippen MR) is 45.9 cm³/mol. The second-order valence-corrected chi connectivity index (χ2v) is 2.29. The number of carbonyl (C=O) groups is 1. The molecule has 0 aromatic heterocycles. The van der Waals surface area contributed by atoms with Crippen LogP contribution in [0, 0.1) is 11.3 Å². The fourth-order valence-electron chi connectivity index (χ4n) is 0.641. The number of rotatable bonds is 7. The highest BCUT2D eigenvalue weighted by Gasteiger charge is 1.97. The van der Waals surface area contributed by atoms with E-state index >= 15 is 0 Å². The first-order valence-corrected chi connectivity index (χ1v) is 4.01. The van der Waals surface area contributed by atoms with E-state index in [-0.39, 0.29) is 12.3 Å². The normalized spacial score (nSPS) is 9.23. The van der Waals surface area contributed by atoms with Gasteiger partial charge in [0.1, 0.15) is 6.42 Å². The van der Waals surface area contributed by atoms with E-state index in [0.29, 0.717) is 26.4 Å². The van der Waals surface area contributed by atoms with E-state index in [0.717, 1.165) is 0 Å². The summed E-state index contributed by atoms with van der Waals surface area (Å²) in [5.41, 5.74) is 0. The van der Waals surface area contributed by atoms with Gasteiger partial charge in [0.2, 0.25) is 5.91 Å². The molecule has 0 aromatic carbocycles. The molecule has 13 heavy (non-hydrogen) atoms. The Labute approximate surface area is 77.6 Å². The van der Waals surface area contributed by atoms with Crippen LogP contribution in [0.4, 0.5) is 0 Å². The third-order valence-electron chi connectivity index (χ3n) is 1.24. The molecule has 0 radical (unpaired) electrons. The summed E-state index contributed by atoms with van der Waals surface area (Å²) in [7, 11) is 1.60. The highest BCUT2D eigenvalue weighted by atomic mass is 16.5. The minimum Gasteiger partial charge on any atom is -0.382 e.